The first kappa shape index (κ1) is 6.23. The van der Waals surface area contributed by atoms with Gasteiger partial charge in [0.2, 0.25) is 0 Å². The van der Waals surface area contributed by atoms with Gasteiger partial charge in [-0.05, 0) is 10.7 Å². The molecule has 0 spiro atoms. The van der Waals surface area contributed by atoms with Crippen LogP contribution in [0.5, 0.6) is 0 Å². The van der Waals surface area contributed by atoms with Crippen molar-refractivity contribution >= 4 is 26.5 Å². The van der Waals surface area contributed by atoms with Gasteiger partial charge in [0.05, 0.1) is 5.25 Å². The first-order valence-electron chi connectivity index (χ1n) is 2.28. The monoisotopic (exact) mass is 152 g/mol. The summed E-state index contributed by atoms with van der Waals surface area (Å²) in [5, 5.41) is -0.0517. The van der Waals surface area contributed by atoms with Crippen LogP contribution < -0.4 is 0 Å². The zero-order valence-corrected chi connectivity index (χ0v) is 5.67. The maximum atomic E-state index is 10.3. The van der Waals surface area contributed by atoms with Crippen LogP contribution in [0.2, 0.25) is 0 Å². The van der Waals surface area contributed by atoms with Crippen molar-refractivity contribution in [1.82, 2.24) is 0 Å². The molecule has 8 heavy (non-hydrogen) atoms. The SMILES string of the molecule is O=C1CC(S(=O)Cl)C1. The maximum Gasteiger partial charge on any atom is 0.135 e. The van der Waals surface area contributed by atoms with E-state index in [0.29, 0.717) is 12.8 Å². The Hall–Kier alpha value is 0.110. The van der Waals surface area contributed by atoms with Crippen molar-refractivity contribution in [3.8, 4) is 0 Å². The average Bonchev–Trinajstić information content (AvgIpc) is 1.57. The Labute approximate surface area is 54.2 Å². The first-order chi connectivity index (χ1) is 3.70. The third kappa shape index (κ3) is 1.09. The van der Waals surface area contributed by atoms with Crippen molar-refractivity contribution in [2.45, 2.75) is 18.1 Å². The Morgan fingerprint density at radius 2 is 2.12 bits per heavy atom. The smallest absolute Gasteiger partial charge is 0.135 e. The number of halogens is 1. The summed E-state index contributed by atoms with van der Waals surface area (Å²) >= 11 is 0. The fraction of sp³-hybridized carbons (Fsp3) is 0.750. The molecule has 1 atom stereocenters. The standard InChI is InChI=1S/C4H5ClO2S/c5-8(7)4-1-3(6)2-4/h4H,1-2H2. The predicted octanol–water partition coefficient (Wildman–Crippen LogP) is 0.620. The van der Waals surface area contributed by atoms with E-state index in [1.807, 2.05) is 0 Å². The fourth-order valence-corrected chi connectivity index (χ4v) is 1.59. The van der Waals surface area contributed by atoms with Crippen LogP contribution in [-0.2, 0) is 14.8 Å². The zero-order valence-electron chi connectivity index (χ0n) is 4.09. The highest BCUT2D eigenvalue weighted by atomic mass is 35.7. The molecule has 2 nitrogen and oxygen atoms in total. The van der Waals surface area contributed by atoms with Crippen molar-refractivity contribution < 1.29 is 9.00 Å². The van der Waals surface area contributed by atoms with E-state index in [1.165, 1.54) is 0 Å². The molecule has 0 bridgehead atoms. The molecule has 0 amide bonds. The summed E-state index contributed by atoms with van der Waals surface area (Å²) < 4.78 is 10.3. The summed E-state index contributed by atoms with van der Waals surface area (Å²) in [4.78, 5) is 10.2. The molecule has 0 saturated heterocycles. The van der Waals surface area contributed by atoms with Crippen LogP contribution in [0.25, 0.3) is 0 Å². The van der Waals surface area contributed by atoms with Gasteiger partial charge in [-0.25, -0.2) is 4.21 Å². The number of rotatable bonds is 1. The van der Waals surface area contributed by atoms with Crippen LogP contribution in [0.3, 0.4) is 0 Å². The van der Waals surface area contributed by atoms with Crippen LogP contribution >= 0.6 is 10.7 Å². The van der Waals surface area contributed by atoms with E-state index in [2.05, 4.69) is 0 Å². The highest BCUT2D eigenvalue weighted by molar-refractivity contribution is 8.08. The molecule has 1 aliphatic carbocycles. The molecule has 46 valence electrons. The zero-order chi connectivity index (χ0) is 6.15. The molecule has 1 rings (SSSR count). The minimum atomic E-state index is -1.29. The highest BCUT2D eigenvalue weighted by Crippen LogP contribution is 2.21. The molecule has 4 heteroatoms. The number of carbonyl (C=O) groups is 1. The molecule has 1 unspecified atom stereocenters. The van der Waals surface area contributed by atoms with E-state index in [1.54, 1.807) is 0 Å². The minimum Gasteiger partial charge on any atom is -0.300 e. The van der Waals surface area contributed by atoms with Gasteiger partial charge in [-0.15, -0.1) is 0 Å². The van der Waals surface area contributed by atoms with E-state index < -0.39 is 10.0 Å². The molecule has 0 N–H and O–H groups in total. The predicted molar refractivity (Wildman–Crippen MR) is 32.0 cm³/mol. The van der Waals surface area contributed by atoms with Crippen molar-refractivity contribution in [1.29, 1.82) is 0 Å². The lowest BCUT2D eigenvalue weighted by molar-refractivity contribution is -0.123. The number of Topliss-reactive ketones (excluding diaryl/α,β-unsaturated/α-hetero) is 1. The van der Waals surface area contributed by atoms with Crippen LogP contribution in [0.4, 0.5) is 0 Å². The van der Waals surface area contributed by atoms with Gasteiger partial charge in [0.25, 0.3) is 0 Å². The van der Waals surface area contributed by atoms with Gasteiger partial charge in [0, 0.05) is 12.8 Å². The van der Waals surface area contributed by atoms with Crippen molar-refractivity contribution in [2.75, 3.05) is 0 Å². The lowest BCUT2D eigenvalue weighted by Gasteiger charge is -2.18. The molecule has 1 saturated carbocycles. The van der Waals surface area contributed by atoms with Gasteiger partial charge < -0.3 is 0 Å². The number of hydrogen-bond acceptors (Lipinski definition) is 2. The molecule has 1 aliphatic rings. The van der Waals surface area contributed by atoms with Crippen LogP contribution in [-0.4, -0.2) is 15.2 Å². The number of hydrogen-bond donors (Lipinski definition) is 0. The third-order valence-corrected chi connectivity index (χ3v) is 2.79. The Kier molecular flexibility index (Phi) is 1.68. The molecule has 0 aromatic heterocycles. The quantitative estimate of drug-likeness (QED) is 0.517. The summed E-state index contributed by atoms with van der Waals surface area (Å²) in [7, 11) is 3.87. The van der Waals surface area contributed by atoms with E-state index in [0.717, 1.165) is 0 Å². The lowest BCUT2D eigenvalue weighted by atomic mass is 9.98. The minimum absolute atomic E-state index is 0.0517. The second-order valence-electron chi connectivity index (χ2n) is 1.82. The van der Waals surface area contributed by atoms with E-state index in [4.69, 9.17) is 10.7 Å². The summed E-state index contributed by atoms with van der Waals surface area (Å²) in [5.41, 5.74) is 0. The maximum absolute atomic E-state index is 10.3. The molecule has 0 heterocycles. The van der Waals surface area contributed by atoms with Gasteiger partial charge in [-0.1, -0.05) is 0 Å². The van der Waals surface area contributed by atoms with Gasteiger partial charge >= 0.3 is 0 Å². The Morgan fingerprint density at radius 1 is 1.62 bits per heavy atom. The lowest BCUT2D eigenvalue weighted by Crippen LogP contribution is -2.30. The summed E-state index contributed by atoms with van der Waals surface area (Å²) in [6, 6.07) is 0. The summed E-state index contributed by atoms with van der Waals surface area (Å²) in [5.74, 6) is 0.170. The molecule has 0 radical (unpaired) electrons. The Balaban J connectivity index is 2.35. The normalized spacial score (nSPS) is 24.9. The van der Waals surface area contributed by atoms with Crippen LogP contribution in [0, 0.1) is 0 Å². The molecule has 0 aromatic carbocycles. The Bertz CT molecular complexity index is 137. The number of carbonyl (C=O) groups excluding carboxylic acids is 1. The van der Waals surface area contributed by atoms with E-state index in [9.17, 15) is 9.00 Å². The molecular weight excluding hydrogens is 148 g/mol. The van der Waals surface area contributed by atoms with Gasteiger partial charge in [0.1, 0.15) is 15.8 Å². The van der Waals surface area contributed by atoms with E-state index in [-0.39, 0.29) is 11.0 Å². The summed E-state index contributed by atoms with van der Waals surface area (Å²) in [6.45, 7) is 0. The topological polar surface area (TPSA) is 34.1 Å². The van der Waals surface area contributed by atoms with Crippen LogP contribution in [0.1, 0.15) is 12.8 Å². The van der Waals surface area contributed by atoms with E-state index >= 15 is 0 Å². The van der Waals surface area contributed by atoms with Crippen LogP contribution in [0.15, 0.2) is 0 Å². The van der Waals surface area contributed by atoms with Gasteiger partial charge in [-0.2, -0.15) is 0 Å². The molecule has 1 fully saturated rings. The first-order valence-corrected chi connectivity index (χ1v) is 4.32. The van der Waals surface area contributed by atoms with Gasteiger partial charge in [0.15, 0.2) is 0 Å². The molecular formula is C4H5ClO2S. The van der Waals surface area contributed by atoms with Gasteiger partial charge in [-0.3, -0.25) is 4.79 Å². The third-order valence-electron chi connectivity index (χ3n) is 1.17. The number of ketones is 1. The van der Waals surface area contributed by atoms with Crippen molar-refractivity contribution in [3.05, 3.63) is 0 Å². The highest BCUT2D eigenvalue weighted by Gasteiger charge is 2.30. The second-order valence-corrected chi connectivity index (χ2v) is 3.89. The van der Waals surface area contributed by atoms with Crippen molar-refractivity contribution in [3.63, 3.8) is 0 Å². The fourth-order valence-electron chi connectivity index (χ4n) is 0.579. The molecule has 0 aliphatic heterocycles. The Morgan fingerprint density at radius 3 is 2.25 bits per heavy atom. The average molecular weight is 153 g/mol. The van der Waals surface area contributed by atoms with Crippen molar-refractivity contribution in [2.24, 2.45) is 0 Å². The molecule has 0 aromatic rings. The largest absolute Gasteiger partial charge is 0.300 e. The summed E-state index contributed by atoms with van der Waals surface area (Å²) in [6.07, 6.45) is 0.826. The second kappa shape index (κ2) is 2.15.